The van der Waals surface area contributed by atoms with E-state index in [-0.39, 0.29) is 29.4 Å². The van der Waals surface area contributed by atoms with E-state index in [1.807, 2.05) is 6.07 Å². The van der Waals surface area contributed by atoms with Crippen LogP contribution in [0.5, 0.6) is 5.88 Å². The summed E-state index contributed by atoms with van der Waals surface area (Å²) in [6, 6.07) is 4.77. The first kappa shape index (κ1) is 20.5. The van der Waals surface area contributed by atoms with Crippen LogP contribution in [0.2, 0.25) is 0 Å². The fourth-order valence-electron chi connectivity index (χ4n) is 5.27. The van der Waals surface area contributed by atoms with Crippen molar-refractivity contribution in [2.45, 2.75) is 31.7 Å². The summed E-state index contributed by atoms with van der Waals surface area (Å²) in [6.45, 7) is 0.424. The van der Waals surface area contributed by atoms with Crippen molar-refractivity contribution in [2.75, 3.05) is 6.61 Å². The van der Waals surface area contributed by atoms with Crippen LogP contribution in [-0.2, 0) is 4.79 Å². The predicted octanol–water partition coefficient (Wildman–Crippen LogP) is 3.63. The molecule has 7 nitrogen and oxygen atoms in total. The average molecular weight is 437 g/mol. The standard InChI is InChI=1S/C23H21F2N5O2/c24-15-5-13(6-16(25)8-15)21-3-4-29-30(21)23(31)20-7-14(18-1-2-19(18)20)12-32-22-11-27-17(9-26)10-28-22/h4-6,8,10-11,14,18-21H,1-3,7,12H2/t14?,18?,19?,20-,21-/m0/s1. The molecule has 2 aliphatic carbocycles. The number of amides is 1. The summed E-state index contributed by atoms with van der Waals surface area (Å²) >= 11 is 0. The van der Waals surface area contributed by atoms with E-state index in [1.165, 1.54) is 29.5 Å². The zero-order chi connectivity index (χ0) is 22.2. The fourth-order valence-corrected chi connectivity index (χ4v) is 5.27. The van der Waals surface area contributed by atoms with Gasteiger partial charge in [0.2, 0.25) is 11.8 Å². The monoisotopic (exact) mass is 437 g/mol. The number of ether oxygens (including phenoxy) is 1. The van der Waals surface area contributed by atoms with Gasteiger partial charge < -0.3 is 4.74 Å². The summed E-state index contributed by atoms with van der Waals surface area (Å²) in [4.78, 5) is 21.5. The Hall–Kier alpha value is -3.41. The second-order valence-corrected chi connectivity index (χ2v) is 8.61. The highest BCUT2D eigenvalue weighted by molar-refractivity contribution is 5.82. The van der Waals surface area contributed by atoms with Crippen LogP contribution in [0.25, 0.3) is 0 Å². The highest BCUT2D eigenvalue weighted by Crippen LogP contribution is 2.54. The second kappa shape index (κ2) is 8.26. The number of fused-ring (bicyclic) bond motifs is 1. The van der Waals surface area contributed by atoms with Gasteiger partial charge in [-0.3, -0.25) is 4.79 Å². The van der Waals surface area contributed by atoms with E-state index in [9.17, 15) is 13.6 Å². The number of nitriles is 1. The Kier molecular flexibility index (Phi) is 5.29. The van der Waals surface area contributed by atoms with Gasteiger partial charge >= 0.3 is 0 Å². The van der Waals surface area contributed by atoms with Crippen molar-refractivity contribution in [1.82, 2.24) is 15.0 Å². The molecule has 1 aromatic heterocycles. The Morgan fingerprint density at radius 1 is 1.16 bits per heavy atom. The molecule has 2 saturated carbocycles. The van der Waals surface area contributed by atoms with Gasteiger partial charge in [-0.25, -0.2) is 23.8 Å². The number of hydrazone groups is 1. The highest BCUT2D eigenvalue weighted by atomic mass is 19.1. The maximum absolute atomic E-state index is 13.7. The summed E-state index contributed by atoms with van der Waals surface area (Å²) < 4.78 is 33.2. The lowest BCUT2D eigenvalue weighted by Gasteiger charge is -2.37. The first-order valence-electron chi connectivity index (χ1n) is 10.7. The number of hydrogen-bond donors (Lipinski definition) is 0. The number of nitrogens with zero attached hydrogens (tertiary/aromatic N) is 5. The average Bonchev–Trinajstić information content (AvgIpc) is 3.34. The second-order valence-electron chi connectivity index (χ2n) is 8.61. The summed E-state index contributed by atoms with van der Waals surface area (Å²) in [6.07, 6.45) is 7.55. The van der Waals surface area contributed by atoms with Crippen molar-refractivity contribution in [3.63, 3.8) is 0 Å². The van der Waals surface area contributed by atoms with Gasteiger partial charge in [0, 0.05) is 24.6 Å². The van der Waals surface area contributed by atoms with Gasteiger partial charge in [0.1, 0.15) is 17.7 Å². The molecule has 9 heteroatoms. The molecule has 2 fully saturated rings. The topological polar surface area (TPSA) is 91.5 Å². The van der Waals surface area contributed by atoms with E-state index in [4.69, 9.17) is 10.00 Å². The minimum absolute atomic E-state index is 0.0937. The van der Waals surface area contributed by atoms with Gasteiger partial charge in [-0.15, -0.1) is 0 Å². The normalized spacial score (nSPS) is 28.2. The lowest BCUT2D eigenvalue weighted by atomic mass is 9.70. The van der Waals surface area contributed by atoms with Crippen LogP contribution >= 0.6 is 0 Å². The number of carbonyl (C=O) groups is 1. The lowest BCUT2D eigenvalue weighted by Crippen LogP contribution is -2.38. The molecule has 3 unspecified atom stereocenters. The molecule has 5 atom stereocenters. The van der Waals surface area contributed by atoms with Gasteiger partial charge in [-0.05, 0) is 54.7 Å². The molecule has 0 spiro atoms. The smallest absolute Gasteiger partial charge is 0.246 e. The largest absolute Gasteiger partial charge is 0.476 e. The van der Waals surface area contributed by atoms with E-state index < -0.39 is 17.7 Å². The summed E-state index contributed by atoms with van der Waals surface area (Å²) in [5, 5.41) is 14.5. The number of carbonyl (C=O) groups excluding carboxylic acids is 1. The van der Waals surface area contributed by atoms with Crippen molar-refractivity contribution < 1.29 is 18.3 Å². The number of rotatable bonds is 5. The van der Waals surface area contributed by atoms with Crippen LogP contribution < -0.4 is 4.74 Å². The maximum atomic E-state index is 13.7. The Balaban J connectivity index is 1.27. The number of aromatic nitrogens is 2. The number of halogens is 2. The minimum Gasteiger partial charge on any atom is -0.476 e. The Morgan fingerprint density at radius 3 is 2.59 bits per heavy atom. The van der Waals surface area contributed by atoms with Crippen molar-refractivity contribution in [2.24, 2.45) is 28.8 Å². The Bertz CT molecular complexity index is 1080. The minimum atomic E-state index is -0.665. The lowest BCUT2D eigenvalue weighted by molar-refractivity contribution is -0.139. The number of benzene rings is 1. The molecule has 0 bridgehead atoms. The zero-order valence-electron chi connectivity index (χ0n) is 17.2. The number of hydrogen-bond acceptors (Lipinski definition) is 6. The molecule has 3 aliphatic rings. The van der Waals surface area contributed by atoms with Crippen molar-refractivity contribution in [3.8, 4) is 11.9 Å². The summed E-state index contributed by atoms with van der Waals surface area (Å²) in [7, 11) is 0. The third kappa shape index (κ3) is 3.70. The zero-order valence-corrected chi connectivity index (χ0v) is 17.2. The van der Waals surface area contributed by atoms with E-state index >= 15 is 0 Å². The molecule has 32 heavy (non-hydrogen) atoms. The first-order valence-corrected chi connectivity index (χ1v) is 10.7. The van der Waals surface area contributed by atoms with E-state index in [0.29, 0.717) is 36.8 Å². The van der Waals surface area contributed by atoms with E-state index in [1.54, 1.807) is 6.21 Å². The molecule has 1 amide bonds. The van der Waals surface area contributed by atoms with Gasteiger partial charge in [0.25, 0.3) is 0 Å². The summed E-state index contributed by atoms with van der Waals surface area (Å²) in [5.74, 6) is -0.390. The van der Waals surface area contributed by atoms with Crippen LogP contribution in [0, 0.1) is 46.6 Å². The van der Waals surface area contributed by atoms with Crippen molar-refractivity contribution >= 4 is 12.1 Å². The van der Waals surface area contributed by atoms with E-state index in [2.05, 4.69) is 15.1 Å². The van der Waals surface area contributed by atoms with Gasteiger partial charge in [0.05, 0.1) is 25.0 Å². The molecule has 1 aromatic carbocycles. The van der Waals surface area contributed by atoms with E-state index in [0.717, 1.165) is 18.9 Å². The van der Waals surface area contributed by atoms with Crippen LogP contribution in [0.15, 0.2) is 35.7 Å². The highest BCUT2D eigenvalue weighted by Gasteiger charge is 2.53. The molecule has 0 radical (unpaired) electrons. The third-order valence-corrected chi connectivity index (χ3v) is 6.89. The quantitative estimate of drug-likeness (QED) is 0.712. The third-order valence-electron chi connectivity index (χ3n) is 6.89. The van der Waals surface area contributed by atoms with Gasteiger partial charge in [0.15, 0.2) is 5.69 Å². The van der Waals surface area contributed by atoms with Gasteiger partial charge in [-0.2, -0.15) is 10.4 Å². The molecular weight excluding hydrogens is 416 g/mol. The predicted molar refractivity (Wildman–Crippen MR) is 109 cm³/mol. The molecule has 0 saturated heterocycles. The molecule has 0 N–H and O–H groups in total. The van der Waals surface area contributed by atoms with Crippen molar-refractivity contribution in [3.05, 3.63) is 53.5 Å². The maximum Gasteiger partial charge on any atom is 0.246 e. The molecule has 2 aromatic rings. The molecular formula is C23H21F2N5O2. The molecule has 5 rings (SSSR count). The Labute approximate surface area is 183 Å². The Morgan fingerprint density at radius 2 is 1.94 bits per heavy atom. The fraction of sp³-hybridized carbons (Fsp3) is 0.435. The molecule has 1 aliphatic heterocycles. The molecule has 2 heterocycles. The van der Waals surface area contributed by atoms with Crippen LogP contribution in [0.4, 0.5) is 8.78 Å². The SMILES string of the molecule is N#Cc1cnc(OCC2C[C@H](C(=O)N3N=CC[C@H]3c3cc(F)cc(F)c3)C3CCC23)cn1. The van der Waals surface area contributed by atoms with Crippen LogP contribution in [0.3, 0.4) is 0 Å². The van der Waals surface area contributed by atoms with Gasteiger partial charge in [-0.1, -0.05) is 0 Å². The molecule has 164 valence electrons. The summed E-state index contributed by atoms with van der Waals surface area (Å²) in [5.41, 5.74) is 0.637. The van der Waals surface area contributed by atoms with Crippen molar-refractivity contribution in [1.29, 1.82) is 5.26 Å². The van der Waals surface area contributed by atoms with Crippen LogP contribution in [-0.4, -0.2) is 33.7 Å². The first-order chi connectivity index (χ1) is 15.5. The van der Waals surface area contributed by atoms with Crippen LogP contribution in [0.1, 0.15) is 43.0 Å².